The summed E-state index contributed by atoms with van der Waals surface area (Å²) in [7, 11) is 0. The summed E-state index contributed by atoms with van der Waals surface area (Å²) in [5.74, 6) is -0.611. The molecule has 0 aromatic carbocycles. The molecule has 0 rings (SSSR count). The van der Waals surface area contributed by atoms with E-state index in [2.05, 4.69) is 98.9 Å². The van der Waals surface area contributed by atoms with Crippen molar-refractivity contribution in [2.75, 3.05) is 13.2 Å². The largest absolute Gasteiger partial charge is 0.462 e. The van der Waals surface area contributed by atoms with Crippen LogP contribution in [0.1, 0.15) is 219 Å². The van der Waals surface area contributed by atoms with Crippen molar-refractivity contribution in [3.05, 3.63) is 85.1 Å². The van der Waals surface area contributed by atoms with Crippen molar-refractivity contribution >= 4 is 11.9 Å². The highest BCUT2D eigenvalue weighted by Crippen LogP contribution is 2.14. The lowest BCUT2D eigenvalue weighted by Crippen LogP contribution is -2.28. The number of aliphatic hydroxyl groups excluding tert-OH is 1. The molecule has 0 aromatic rings. The van der Waals surface area contributed by atoms with E-state index >= 15 is 0 Å². The second-order valence-corrected chi connectivity index (χ2v) is 15.8. The van der Waals surface area contributed by atoms with Crippen LogP contribution in [0.2, 0.25) is 0 Å². The van der Waals surface area contributed by atoms with Crippen molar-refractivity contribution in [1.82, 2.24) is 0 Å². The molecule has 5 nitrogen and oxygen atoms in total. The minimum atomic E-state index is -0.786. The molecule has 0 amide bonds. The second-order valence-electron chi connectivity index (χ2n) is 15.8. The minimum absolute atomic E-state index is 0.0766. The monoisotopic (exact) mass is 807 g/mol. The summed E-state index contributed by atoms with van der Waals surface area (Å²) in [5, 5.41) is 9.61. The summed E-state index contributed by atoms with van der Waals surface area (Å²) < 4.78 is 10.7. The van der Waals surface area contributed by atoms with Crippen LogP contribution >= 0.6 is 0 Å². The standard InChI is InChI=1S/C53H90O5/c1-3-5-7-9-11-13-15-17-19-21-23-24-25-26-27-28-30-32-34-36-38-40-42-44-46-48-53(56)58-51(49-54)50-57-52(55)47-45-43-41-39-37-35-33-31-29-22-20-18-16-14-12-10-8-6-4-2/h5,7,11,13,17-20,23-24,26-27,30,32,51,54H,3-4,6,8-10,12,14-16,21-22,25,28-29,31,33-50H2,1-2H3/b7-5-,13-11-,19-17-,20-18-,24-23-,27-26-,32-30-. The van der Waals surface area contributed by atoms with E-state index in [1.165, 1.54) is 109 Å². The zero-order chi connectivity index (χ0) is 42.1. The Hall–Kier alpha value is -2.92. The molecule has 0 aromatic heterocycles. The third-order valence-electron chi connectivity index (χ3n) is 10.2. The maximum absolute atomic E-state index is 12.3. The maximum atomic E-state index is 12.3. The van der Waals surface area contributed by atoms with Crippen molar-refractivity contribution in [2.24, 2.45) is 0 Å². The molecule has 5 heteroatoms. The van der Waals surface area contributed by atoms with Gasteiger partial charge in [0.1, 0.15) is 6.61 Å². The number of ether oxygens (including phenoxy) is 2. The number of hydrogen-bond acceptors (Lipinski definition) is 5. The van der Waals surface area contributed by atoms with Gasteiger partial charge in [0, 0.05) is 12.8 Å². The molecule has 0 aliphatic carbocycles. The molecule has 0 saturated carbocycles. The fraction of sp³-hybridized carbons (Fsp3) is 0.698. The summed E-state index contributed by atoms with van der Waals surface area (Å²) in [6.45, 7) is 4.01. The molecule has 58 heavy (non-hydrogen) atoms. The fourth-order valence-corrected chi connectivity index (χ4v) is 6.55. The van der Waals surface area contributed by atoms with Crippen LogP contribution in [-0.2, 0) is 19.1 Å². The van der Waals surface area contributed by atoms with Gasteiger partial charge in [-0.05, 0) is 89.9 Å². The highest BCUT2D eigenvalue weighted by molar-refractivity contribution is 5.70. The third kappa shape index (κ3) is 45.8. The Morgan fingerprint density at radius 3 is 1.14 bits per heavy atom. The van der Waals surface area contributed by atoms with E-state index in [9.17, 15) is 14.7 Å². The average Bonchev–Trinajstić information content (AvgIpc) is 3.23. The molecular weight excluding hydrogens is 717 g/mol. The van der Waals surface area contributed by atoms with Crippen LogP contribution in [0.25, 0.3) is 0 Å². The van der Waals surface area contributed by atoms with E-state index in [-0.39, 0.29) is 25.2 Å². The van der Waals surface area contributed by atoms with Crippen LogP contribution in [0.15, 0.2) is 85.1 Å². The van der Waals surface area contributed by atoms with Crippen molar-refractivity contribution < 1.29 is 24.2 Å². The first-order valence-electron chi connectivity index (χ1n) is 24.1. The number of carbonyl (C=O) groups is 2. The molecular formula is C53H90O5. The van der Waals surface area contributed by atoms with Crippen LogP contribution in [-0.4, -0.2) is 36.4 Å². The zero-order valence-electron chi connectivity index (χ0n) is 37.8. The molecule has 1 N–H and O–H groups in total. The van der Waals surface area contributed by atoms with Crippen molar-refractivity contribution in [3.63, 3.8) is 0 Å². The lowest BCUT2D eigenvalue weighted by molar-refractivity contribution is -0.161. The number of esters is 2. The summed E-state index contributed by atoms with van der Waals surface area (Å²) in [6, 6.07) is 0. The molecule has 0 fully saturated rings. The SMILES string of the molecule is CC/C=C\C/C=C\C/C=C\C/C=C\C/C=C\C/C=C\CCCCCCCCC(=O)OC(CO)COC(=O)CCCCCCCCCCC/C=C\CCCCCCCC. The van der Waals surface area contributed by atoms with Crippen molar-refractivity contribution in [1.29, 1.82) is 0 Å². The van der Waals surface area contributed by atoms with E-state index in [0.29, 0.717) is 12.8 Å². The molecule has 1 atom stereocenters. The summed E-state index contributed by atoms with van der Waals surface area (Å²) in [6.07, 6.45) is 66.6. The van der Waals surface area contributed by atoms with Gasteiger partial charge in [-0.15, -0.1) is 0 Å². The van der Waals surface area contributed by atoms with Gasteiger partial charge in [0.25, 0.3) is 0 Å². The molecule has 0 radical (unpaired) electrons. The van der Waals surface area contributed by atoms with E-state index in [1.54, 1.807) is 0 Å². The smallest absolute Gasteiger partial charge is 0.306 e. The Morgan fingerprint density at radius 1 is 0.414 bits per heavy atom. The lowest BCUT2D eigenvalue weighted by Gasteiger charge is -2.15. The number of hydrogen-bond donors (Lipinski definition) is 1. The number of carbonyl (C=O) groups excluding carboxylic acids is 2. The quantitative estimate of drug-likeness (QED) is 0.0377. The van der Waals surface area contributed by atoms with Gasteiger partial charge in [-0.25, -0.2) is 0 Å². The fourth-order valence-electron chi connectivity index (χ4n) is 6.55. The first-order chi connectivity index (χ1) is 28.6. The Labute approximate surface area is 358 Å². The highest BCUT2D eigenvalue weighted by atomic mass is 16.6. The van der Waals surface area contributed by atoms with Crippen LogP contribution in [0.3, 0.4) is 0 Å². The number of rotatable bonds is 43. The van der Waals surface area contributed by atoms with Gasteiger partial charge in [-0.2, -0.15) is 0 Å². The van der Waals surface area contributed by atoms with Crippen LogP contribution in [0, 0.1) is 0 Å². The number of allylic oxidation sites excluding steroid dienone is 14. The third-order valence-corrected chi connectivity index (χ3v) is 10.2. The van der Waals surface area contributed by atoms with Gasteiger partial charge in [0.2, 0.25) is 0 Å². The van der Waals surface area contributed by atoms with E-state index in [1.807, 2.05) is 0 Å². The van der Waals surface area contributed by atoms with E-state index in [4.69, 9.17) is 9.47 Å². The van der Waals surface area contributed by atoms with Crippen molar-refractivity contribution in [3.8, 4) is 0 Å². The molecule has 0 aliphatic heterocycles. The van der Waals surface area contributed by atoms with Gasteiger partial charge < -0.3 is 14.6 Å². The Kier molecular flexibility index (Phi) is 46.0. The van der Waals surface area contributed by atoms with Gasteiger partial charge in [-0.3, -0.25) is 9.59 Å². The number of aliphatic hydroxyl groups is 1. The lowest BCUT2D eigenvalue weighted by atomic mass is 10.1. The molecule has 332 valence electrons. The summed E-state index contributed by atoms with van der Waals surface area (Å²) in [5.41, 5.74) is 0. The molecule has 1 unspecified atom stereocenters. The van der Waals surface area contributed by atoms with Crippen LogP contribution < -0.4 is 0 Å². The Morgan fingerprint density at radius 2 is 0.741 bits per heavy atom. The van der Waals surface area contributed by atoms with Gasteiger partial charge in [-0.1, -0.05) is 202 Å². The highest BCUT2D eigenvalue weighted by Gasteiger charge is 2.16. The van der Waals surface area contributed by atoms with E-state index < -0.39 is 6.10 Å². The Balaban J connectivity index is 3.59. The molecule has 0 bridgehead atoms. The van der Waals surface area contributed by atoms with Gasteiger partial charge in [0.05, 0.1) is 6.61 Å². The zero-order valence-corrected chi connectivity index (χ0v) is 37.8. The molecule has 0 saturated heterocycles. The number of unbranched alkanes of at least 4 members (excludes halogenated alkanes) is 21. The summed E-state index contributed by atoms with van der Waals surface area (Å²) in [4.78, 5) is 24.4. The topological polar surface area (TPSA) is 72.8 Å². The Bertz CT molecular complexity index is 1090. The first kappa shape index (κ1) is 55.1. The predicted molar refractivity (Wildman–Crippen MR) is 251 cm³/mol. The van der Waals surface area contributed by atoms with Crippen molar-refractivity contribution in [2.45, 2.75) is 225 Å². The molecule has 0 aliphatic rings. The minimum Gasteiger partial charge on any atom is -0.462 e. The second kappa shape index (κ2) is 48.4. The normalized spacial score (nSPS) is 12.9. The van der Waals surface area contributed by atoms with Gasteiger partial charge >= 0.3 is 11.9 Å². The molecule has 0 spiro atoms. The van der Waals surface area contributed by atoms with Gasteiger partial charge in [0.15, 0.2) is 6.10 Å². The summed E-state index contributed by atoms with van der Waals surface area (Å²) >= 11 is 0. The van der Waals surface area contributed by atoms with Crippen LogP contribution in [0.5, 0.6) is 0 Å². The first-order valence-corrected chi connectivity index (χ1v) is 24.1. The van der Waals surface area contributed by atoms with Crippen LogP contribution in [0.4, 0.5) is 0 Å². The van der Waals surface area contributed by atoms with E-state index in [0.717, 1.165) is 83.5 Å². The predicted octanol–water partition coefficient (Wildman–Crippen LogP) is 15.9. The maximum Gasteiger partial charge on any atom is 0.306 e. The average molecular weight is 807 g/mol. The molecule has 0 heterocycles.